The van der Waals surface area contributed by atoms with E-state index in [0.29, 0.717) is 37.7 Å². The van der Waals surface area contributed by atoms with Crippen LogP contribution in [0.4, 0.5) is 0 Å². The second-order valence-corrected chi connectivity index (χ2v) is 25.5. The smallest absolute Gasteiger partial charge is 0.335 e. The summed E-state index contributed by atoms with van der Waals surface area (Å²) in [6.07, 6.45) is -26.5. The van der Waals surface area contributed by atoms with Gasteiger partial charge in [0.2, 0.25) is 0 Å². The van der Waals surface area contributed by atoms with Crippen LogP contribution in [-0.4, -0.2) is 227 Å². The maximum atomic E-state index is 13.4. The van der Waals surface area contributed by atoms with E-state index in [9.17, 15) is 80.8 Å². The summed E-state index contributed by atoms with van der Waals surface area (Å²) in [6, 6.07) is 0. The number of esters is 2. The summed E-state index contributed by atoms with van der Waals surface area (Å²) in [5, 5.41) is 143. The number of aliphatic hydroxyl groups is 12. The standard InChI is InChI=1S/C55H86O24/c1-10-23(2)46(71)79-43-44(72-24(3)60)55(22-59)26(17-50(43,4)5)25-11-12-30-51(6)15-14-32(52(7,21-58)29(51)13-16-53(30,8)54(25,9)18-31(55)61)75-49-41(77-48-38(67)36(65)34(63)28(20-57)74-48)39(68)40(42(78-49)45(69)70)76-47-37(66)35(64)33(62)27(19-56)73-47/h10-11,26-44,47-49,56-59,61-68H,12-22H2,1-9H3,(H,69,70)/b23-10+/t26-,27+,28-,29+,30+,31-,32+,33-,34+,35-,36-,37-,38-,39-,40-,41-,42+,43-,44-,47+,48-,49-,51+,52+,53-,54+,55+/m1/s1. The van der Waals surface area contributed by atoms with Crippen LogP contribution in [0.25, 0.3) is 0 Å². The molecule has 13 N–H and O–H groups in total. The van der Waals surface area contributed by atoms with Crippen LogP contribution in [0.2, 0.25) is 0 Å². The van der Waals surface area contributed by atoms with Gasteiger partial charge in [0.1, 0.15) is 79.4 Å². The zero-order chi connectivity index (χ0) is 58.4. The first-order valence-electron chi connectivity index (χ1n) is 27.7. The van der Waals surface area contributed by atoms with Crippen LogP contribution in [0.5, 0.6) is 0 Å². The van der Waals surface area contributed by atoms with E-state index in [1.165, 1.54) is 6.92 Å². The van der Waals surface area contributed by atoms with E-state index in [1.54, 1.807) is 19.9 Å². The molecular weight excluding hydrogens is 1040 g/mol. The van der Waals surface area contributed by atoms with Crippen LogP contribution in [-0.2, 0) is 52.3 Å². The third kappa shape index (κ3) is 9.94. The summed E-state index contributed by atoms with van der Waals surface area (Å²) in [5.74, 6) is -3.88. The summed E-state index contributed by atoms with van der Waals surface area (Å²) in [7, 11) is 0. The fourth-order valence-electron chi connectivity index (χ4n) is 16.2. The van der Waals surface area contributed by atoms with E-state index in [1.807, 2.05) is 20.8 Å². The number of carbonyl (C=O) groups is 3. The highest BCUT2D eigenvalue weighted by atomic mass is 16.8. The molecule has 5 aliphatic carbocycles. The molecule has 450 valence electrons. The van der Waals surface area contributed by atoms with Gasteiger partial charge < -0.3 is 104 Å². The Kier molecular flexibility index (Phi) is 17.8. The van der Waals surface area contributed by atoms with Gasteiger partial charge >= 0.3 is 17.9 Å². The van der Waals surface area contributed by atoms with Gasteiger partial charge in [-0.3, -0.25) is 4.79 Å². The van der Waals surface area contributed by atoms with Gasteiger partial charge in [-0.25, -0.2) is 9.59 Å². The average Bonchev–Trinajstić information content (AvgIpc) is 3.29. The molecule has 0 bridgehead atoms. The van der Waals surface area contributed by atoms with E-state index >= 15 is 0 Å². The zero-order valence-corrected chi connectivity index (χ0v) is 46.4. The molecule has 0 spiro atoms. The molecule has 0 aromatic rings. The van der Waals surface area contributed by atoms with Crippen molar-refractivity contribution in [1.29, 1.82) is 0 Å². The summed E-state index contributed by atoms with van der Waals surface area (Å²) in [5.41, 5.74) is -3.78. The quantitative estimate of drug-likeness (QED) is 0.0415. The van der Waals surface area contributed by atoms with Gasteiger partial charge in [0, 0.05) is 23.3 Å². The Balaban J connectivity index is 1.12. The highest BCUT2D eigenvalue weighted by Gasteiger charge is 2.74. The van der Waals surface area contributed by atoms with E-state index < -0.39 is 199 Å². The SMILES string of the molecule is C/C=C(\C)C(=O)O[C@@H]1[C@@H](OC(C)=O)[C@]2(CO)[C@H](O)C[C@@]3(C)C(=CC[C@H]4[C@@]5(C)CC[C@H](O[C@@H]6O[C@H](C(=O)O)[C@H](O[C@@H]7O[C@@H](CO)[C@@H](O)[C@@H](O)[C@H]7O)[C@@H](O)[C@H]6O[C@H]6O[C@H](CO)[C@H](O)[C@@H](O)[C@H]6O)[C@@](C)(CO)[C@H]5CC[C@]43C)[C@H]2CC1(C)C. The van der Waals surface area contributed by atoms with Crippen LogP contribution in [0.3, 0.4) is 0 Å². The second-order valence-electron chi connectivity index (χ2n) is 25.5. The van der Waals surface area contributed by atoms with E-state index in [2.05, 4.69) is 26.8 Å². The summed E-state index contributed by atoms with van der Waals surface area (Å²) in [4.78, 5) is 39.5. The molecule has 8 rings (SSSR count). The lowest BCUT2D eigenvalue weighted by molar-refractivity contribution is -0.392. The number of fused-ring (bicyclic) bond motifs is 7. The Morgan fingerprint density at radius 2 is 1.24 bits per heavy atom. The average molecular weight is 1130 g/mol. The lowest BCUT2D eigenvalue weighted by Crippen LogP contribution is -2.72. The zero-order valence-electron chi connectivity index (χ0n) is 46.4. The molecule has 0 aromatic heterocycles. The first-order valence-corrected chi connectivity index (χ1v) is 27.7. The Labute approximate surface area is 459 Å². The maximum absolute atomic E-state index is 13.4. The van der Waals surface area contributed by atoms with Crippen molar-refractivity contribution in [2.75, 3.05) is 26.4 Å². The third-order valence-corrected chi connectivity index (χ3v) is 21.1. The Hall–Kier alpha value is -2.83. The summed E-state index contributed by atoms with van der Waals surface area (Å²) < 4.78 is 48.2. The van der Waals surface area contributed by atoms with Gasteiger partial charge in [-0.2, -0.15) is 0 Å². The predicted octanol–water partition coefficient (Wildman–Crippen LogP) is -1.32. The van der Waals surface area contributed by atoms with E-state index in [0.717, 1.165) is 5.57 Å². The van der Waals surface area contributed by atoms with Gasteiger partial charge in [-0.05, 0) is 92.8 Å². The number of carboxylic acid groups (broad SMARTS) is 1. The van der Waals surface area contributed by atoms with Crippen molar-refractivity contribution in [3.8, 4) is 0 Å². The van der Waals surface area contributed by atoms with Crippen molar-refractivity contribution in [3.63, 3.8) is 0 Å². The highest BCUT2D eigenvalue weighted by Crippen LogP contribution is 2.76. The van der Waals surface area contributed by atoms with Crippen molar-refractivity contribution in [2.45, 2.75) is 224 Å². The molecule has 27 atom stereocenters. The van der Waals surface area contributed by atoms with Crippen LogP contribution in [0, 0.1) is 50.2 Å². The van der Waals surface area contributed by atoms with Gasteiger partial charge in [0.15, 0.2) is 25.0 Å². The molecule has 24 heteroatoms. The van der Waals surface area contributed by atoms with Gasteiger partial charge in [-0.15, -0.1) is 0 Å². The molecule has 0 aromatic carbocycles. The first kappa shape index (κ1) is 62.2. The van der Waals surface area contributed by atoms with Gasteiger partial charge in [0.05, 0.1) is 44.1 Å². The fraction of sp³-hybridized carbons (Fsp3) is 0.873. The van der Waals surface area contributed by atoms with Crippen molar-refractivity contribution in [3.05, 3.63) is 23.3 Å². The molecule has 3 heterocycles. The molecule has 4 saturated carbocycles. The number of carbonyl (C=O) groups excluding carboxylic acids is 2. The van der Waals surface area contributed by atoms with Crippen molar-refractivity contribution < 1.29 is 119 Å². The largest absolute Gasteiger partial charge is 0.479 e. The predicted molar refractivity (Wildman–Crippen MR) is 269 cm³/mol. The number of rotatable bonds is 14. The van der Waals surface area contributed by atoms with Crippen LogP contribution >= 0.6 is 0 Å². The van der Waals surface area contributed by atoms with Crippen LogP contribution in [0.15, 0.2) is 23.3 Å². The minimum atomic E-state index is -2.18. The third-order valence-electron chi connectivity index (χ3n) is 21.1. The maximum Gasteiger partial charge on any atom is 0.335 e. The minimum absolute atomic E-state index is 0.0849. The molecule has 3 aliphatic heterocycles. The minimum Gasteiger partial charge on any atom is -0.479 e. The Morgan fingerprint density at radius 3 is 1.76 bits per heavy atom. The van der Waals surface area contributed by atoms with Crippen molar-refractivity contribution in [2.24, 2.45) is 50.2 Å². The molecule has 0 unspecified atom stereocenters. The first-order chi connectivity index (χ1) is 36.9. The summed E-state index contributed by atoms with van der Waals surface area (Å²) >= 11 is 0. The second kappa shape index (κ2) is 22.6. The van der Waals surface area contributed by atoms with Crippen LogP contribution in [0.1, 0.15) is 107 Å². The molecule has 3 saturated heterocycles. The highest BCUT2D eigenvalue weighted by molar-refractivity contribution is 5.87. The molecular formula is C55H86O24. The Bertz CT molecular complexity index is 2290. The normalized spacial score (nSPS) is 50.6. The monoisotopic (exact) mass is 1130 g/mol. The lowest BCUT2D eigenvalue weighted by atomic mass is 9.33. The fourth-order valence-corrected chi connectivity index (χ4v) is 16.2. The lowest BCUT2D eigenvalue weighted by Gasteiger charge is -2.72. The van der Waals surface area contributed by atoms with E-state index in [4.69, 9.17) is 37.9 Å². The summed E-state index contributed by atoms with van der Waals surface area (Å²) in [6.45, 7) is 14.1. The Morgan fingerprint density at radius 1 is 0.658 bits per heavy atom. The van der Waals surface area contributed by atoms with Crippen molar-refractivity contribution >= 4 is 17.9 Å². The number of ether oxygens (including phenoxy) is 8. The van der Waals surface area contributed by atoms with Gasteiger partial charge in [0.25, 0.3) is 0 Å². The molecule has 0 amide bonds. The number of aliphatic carboxylic acids is 1. The molecule has 79 heavy (non-hydrogen) atoms. The molecule has 7 fully saturated rings. The topological polar surface area (TPSA) is 388 Å². The van der Waals surface area contributed by atoms with E-state index in [-0.39, 0.29) is 24.7 Å². The number of hydrogen-bond donors (Lipinski definition) is 13. The van der Waals surface area contributed by atoms with Crippen LogP contribution < -0.4 is 0 Å². The number of allylic oxidation sites excluding steroid dienone is 3. The molecule has 24 nitrogen and oxygen atoms in total. The molecule has 0 radical (unpaired) electrons. The van der Waals surface area contributed by atoms with Gasteiger partial charge in [-0.1, -0.05) is 59.3 Å². The number of aliphatic hydroxyl groups excluding tert-OH is 12. The number of carboxylic acids is 1. The molecule has 8 aliphatic rings. The number of hydrogen-bond acceptors (Lipinski definition) is 23. The van der Waals surface area contributed by atoms with Crippen molar-refractivity contribution in [1.82, 2.24) is 0 Å².